The van der Waals surface area contributed by atoms with Crippen molar-refractivity contribution in [1.29, 1.82) is 0 Å². The third-order valence-corrected chi connectivity index (χ3v) is 7.96. The molecule has 3 aromatic rings. The zero-order chi connectivity index (χ0) is 37.7. The fraction of sp³-hybridized carbons (Fsp3) is 0.500. The molecule has 0 radical (unpaired) electrons. The molecule has 0 aromatic heterocycles. The molecule has 0 saturated carbocycles. The summed E-state index contributed by atoms with van der Waals surface area (Å²) in [4.78, 5) is 36.0. The van der Waals surface area contributed by atoms with Crippen LogP contribution in [0.5, 0.6) is 5.75 Å². The van der Waals surface area contributed by atoms with Gasteiger partial charge in [-0.25, -0.2) is 0 Å². The van der Waals surface area contributed by atoms with Gasteiger partial charge in [0.15, 0.2) is 0 Å². The molecule has 4 rings (SSSR count). The first-order valence-corrected chi connectivity index (χ1v) is 18.2. The molecule has 1 saturated heterocycles. The third-order valence-electron chi connectivity index (χ3n) is 7.96. The van der Waals surface area contributed by atoms with E-state index in [0.29, 0.717) is 12.8 Å². The van der Waals surface area contributed by atoms with E-state index in [1.807, 2.05) is 45.0 Å². The second kappa shape index (κ2) is 28.6. The van der Waals surface area contributed by atoms with Crippen LogP contribution in [-0.2, 0) is 20.9 Å². The molecule has 1 fully saturated rings. The normalized spacial score (nSPS) is 11.9. The lowest BCUT2D eigenvalue weighted by Crippen LogP contribution is -2.38. The molecule has 0 amide bonds. The van der Waals surface area contributed by atoms with Crippen LogP contribution < -0.4 is 20.3 Å². The average molecular weight is 691 g/mol. The smallest absolute Gasteiger partial charge is 0.121 e. The Kier molecular flexibility index (Phi) is 26.3. The van der Waals surface area contributed by atoms with E-state index < -0.39 is 0 Å². The second-order valence-electron chi connectivity index (χ2n) is 12.1. The molecule has 0 spiro atoms. The number of ether oxygens (including phenoxy) is 1. The van der Waals surface area contributed by atoms with E-state index in [9.17, 15) is 9.59 Å². The molecule has 3 aromatic carbocycles. The number of nitrogens with zero attached hydrogens (tertiary/aromatic N) is 3. The van der Waals surface area contributed by atoms with Crippen LogP contribution in [0.25, 0.3) is 0 Å². The predicted octanol–water partition coefficient (Wildman–Crippen LogP) is 8.56. The maximum absolute atomic E-state index is 10.8. The van der Waals surface area contributed by atoms with Crippen molar-refractivity contribution in [3.05, 3.63) is 83.4 Å². The molecule has 1 aliphatic heterocycles. The van der Waals surface area contributed by atoms with Crippen LogP contribution in [0.3, 0.4) is 0 Å². The monoisotopic (exact) mass is 691 g/mol. The zero-order valence-electron chi connectivity index (χ0n) is 32.5. The molecule has 50 heavy (non-hydrogen) atoms. The van der Waals surface area contributed by atoms with E-state index in [1.165, 1.54) is 80.4 Å². The standard InChI is InChI=1S/C19H23NO2.C16H27N3.C3H6O.C2H4O.C2H6/c1-15-5-10-19(16(2)13-15)20(11-4-12-21)14-17-6-8-18(22-3)9-7-17;1-3-10-18(2)13-14-8-11-19(12-9-14)16-6-4-15(17)5-7-16;1-2-3-4;1-2-3;1-2/h5-10,12-13H,4,11,14H2,1-3H3;4-7,14H,3,8-13,17H2,1-2H3;3H,2H2,1H3;2H,1H3;1-2H3. The SMILES string of the molecule is CC.CC=O.CCC=O.CCCN(C)CC1CCN(c2ccc(N)cc2)CC1.COc1ccc(CN(CCC=O)c2ccc(C)cc2C)cc1. The number of aryl methyl sites for hydroxylation is 2. The Balaban J connectivity index is 0.000000782. The van der Waals surface area contributed by atoms with Gasteiger partial charge in [-0.1, -0.05) is 57.5 Å². The number of rotatable bonds is 13. The van der Waals surface area contributed by atoms with Crippen LogP contribution >= 0.6 is 0 Å². The Morgan fingerprint density at radius 2 is 1.46 bits per heavy atom. The number of hydrogen-bond acceptors (Lipinski definition) is 8. The number of carbonyl (C=O) groups is 3. The van der Waals surface area contributed by atoms with Crippen molar-refractivity contribution in [2.24, 2.45) is 5.92 Å². The Morgan fingerprint density at radius 3 is 1.94 bits per heavy atom. The van der Waals surface area contributed by atoms with Crippen LogP contribution in [0.1, 0.15) is 83.4 Å². The van der Waals surface area contributed by atoms with Gasteiger partial charge in [0.05, 0.1) is 7.11 Å². The molecule has 8 heteroatoms. The van der Waals surface area contributed by atoms with Crippen molar-refractivity contribution in [2.75, 3.05) is 62.4 Å². The lowest BCUT2D eigenvalue weighted by Gasteiger charge is -2.35. The number of nitrogens with two attached hydrogens (primary N) is 1. The maximum atomic E-state index is 10.8. The number of hydrogen-bond donors (Lipinski definition) is 1. The molecule has 0 aliphatic carbocycles. The summed E-state index contributed by atoms with van der Waals surface area (Å²) < 4.78 is 5.20. The Hall–Kier alpha value is -4.17. The van der Waals surface area contributed by atoms with Crippen molar-refractivity contribution < 1.29 is 19.1 Å². The van der Waals surface area contributed by atoms with Gasteiger partial charge in [0.25, 0.3) is 0 Å². The molecular weight excluding hydrogens is 624 g/mol. The van der Waals surface area contributed by atoms with Crippen molar-refractivity contribution in [2.45, 2.75) is 87.1 Å². The predicted molar refractivity (Wildman–Crippen MR) is 214 cm³/mol. The molecule has 1 heterocycles. The Bertz CT molecular complexity index is 1290. The lowest BCUT2D eigenvalue weighted by molar-refractivity contribution is -0.108. The van der Waals surface area contributed by atoms with Crippen LogP contribution in [0.2, 0.25) is 0 Å². The Labute approximate surface area is 304 Å². The van der Waals surface area contributed by atoms with Gasteiger partial charge < -0.3 is 39.6 Å². The number of benzene rings is 3. The summed E-state index contributed by atoms with van der Waals surface area (Å²) in [5.41, 5.74) is 12.8. The summed E-state index contributed by atoms with van der Waals surface area (Å²) in [7, 11) is 3.91. The van der Waals surface area contributed by atoms with E-state index in [1.54, 1.807) is 7.11 Å². The van der Waals surface area contributed by atoms with Gasteiger partial charge in [-0.15, -0.1) is 0 Å². The highest BCUT2D eigenvalue weighted by atomic mass is 16.5. The number of carbonyl (C=O) groups excluding carboxylic acids is 3. The van der Waals surface area contributed by atoms with Crippen LogP contribution in [0.4, 0.5) is 17.1 Å². The van der Waals surface area contributed by atoms with Gasteiger partial charge in [0.1, 0.15) is 24.6 Å². The van der Waals surface area contributed by atoms with Gasteiger partial charge in [0.2, 0.25) is 0 Å². The average Bonchev–Trinajstić information content (AvgIpc) is 3.13. The number of aldehydes is 3. The van der Waals surface area contributed by atoms with Gasteiger partial charge in [-0.05, 0) is 113 Å². The van der Waals surface area contributed by atoms with Crippen molar-refractivity contribution in [3.8, 4) is 5.75 Å². The fourth-order valence-electron chi connectivity index (χ4n) is 5.58. The quantitative estimate of drug-likeness (QED) is 0.141. The molecule has 0 bridgehead atoms. The molecule has 8 nitrogen and oxygen atoms in total. The third kappa shape index (κ3) is 19.1. The molecule has 1 aliphatic rings. The summed E-state index contributed by atoms with van der Waals surface area (Å²) in [6, 6.07) is 22.8. The second-order valence-corrected chi connectivity index (χ2v) is 12.1. The van der Waals surface area contributed by atoms with Crippen molar-refractivity contribution >= 4 is 35.9 Å². The summed E-state index contributed by atoms with van der Waals surface area (Å²) in [6.07, 6.45) is 7.63. The summed E-state index contributed by atoms with van der Waals surface area (Å²) in [6.45, 7) is 20.0. The summed E-state index contributed by atoms with van der Waals surface area (Å²) >= 11 is 0. The summed E-state index contributed by atoms with van der Waals surface area (Å²) in [5.74, 6) is 1.72. The highest BCUT2D eigenvalue weighted by Crippen LogP contribution is 2.25. The maximum Gasteiger partial charge on any atom is 0.121 e. The molecule has 278 valence electrons. The van der Waals surface area contributed by atoms with Gasteiger partial charge in [-0.2, -0.15) is 0 Å². The number of anilines is 3. The van der Waals surface area contributed by atoms with Gasteiger partial charge >= 0.3 is 0 Å². The van der Waals surface area contributed by atoms with Gasteiger partial charge in [0, 0.05) is 62.6 Å². The lowest BCUT2D eigenvalue weighted by atomic mass is 9.96. The van der Waals surface area contributed by atoms with E-state index in [4.69, 9.17) is 15.3 Å². The zero-order valence-corrected chi connectivity index (χ0v) is 32.5. The number of nitrogen functional groups attached to an aromatic ring is 1. The molecule has 0 atom stereocenters. The minimum Gasteiger partial charge on any atom is -0.497 e. The molecular formula is C42H66N4O4. The largest absolute Gasteiger partial charge is 0.497 e. The van der Waals surface area contributed by atoms with E-state index in [0.717, 1.165) is 49.3 Å². The van der Waals surface area contributed by atoms with Crippen molar-refractivity contribution in [1.82, 2.24) is 4.90 Å². The molecule has 0 unspecified atom stereocenters. The highest BCUT2D eigenvalue weighted by molar-refractivity contribution is 5.57. The van der Waals surface area contributed by atoms with Crippen LogP contribution in [0, 0.1) is 19.8 Å². The fourth-order valence-corrected chi connectivity index (χ4v) is 5.58. The van der Waals surface area contributed by atoms with Crippen LogP contribution in [0.15, 0.2) is 66.7 Å². The first-order valence-electron chi connectivity index (χ1n) is 18.2. The van der Waals surface area contributed by atoms with E-state index >= 15 is 0 Å². The first-order chi connectivity index (χ1) is 24.1. The Morgan fingerprint density at radius 1 is 0.880 bits per heavy atom. The van der Waals surface area contributed by atoms with Crippen molar-refractivity contribution in [3.63, 3.8) is 0 Å². The topological polar surface area (TPSA) is 96.2 Å². The first kappa shape index (κ1) is 45.8. The molecule has 2 N–H and O–H groups in total. The van der Waals surface area contributed by atoms with Gasteiger partial charge in [-0.3, -0.25) is 0 Å². The number of piperidine rings is 1. The van der Waals surface area contributed by atoms with Crippen LogP contribution in [-0.4, -0.2) is 70.6 Å². The highest BCUT2D eigenvalue weighted by Gasteiger charge is 2.20. The minimum atomic E-state index is 0.531. The van der Waals surface area contributed by atoms with E-state index in [2.05, 4.69) is 85.0 Å². The van der Waals surface area contributed by atoms with E-state index in [-0.39, 0.29) is 0 Å². The number of methoxy groups -OCH3 is 1. The minimum absolute atomic E-state index is 0.531. The summed E-state index contributed by atoms with van der Waals surface area (Å²) in [5, 5.41) is 0.